The number of nitro groups is 1. The molecule has 1 fully saturated rings. The van der Waals surface area contributed by atoms with Crippen LogP contribution in [0.5, 0.6) is 0 Å². The lowest BCUT2D eigenvalue weighted by molar-refractivity contribution is -0.384. The van der Waals surface area contributed by atoms with Crippen LogP contribution in [0.25, 0.3) is 5.76 Å². The summed E-state index contributed by atoms with van der Waals surface area (Å²) in [5.41, 5.74) is 1.30. The van der Waals surface area contributed by atoms with Crippen LogP contribution in [-0.2, 0) is 14.3 Å². The van der Waals surface area contributed by atoms with Crippen LogP contribution >= 0.6 is 0 Å². The van der Waals surface area contributed by atoms with E-state index in [1.54, 1.807) is 13.8 Å². The van der Waals surface area contributed by atoms with E-state index >= 15 is 0 Å². The zero-order chi connectivity index (χ0) is 26.0. The third-order valence-electron chi connectivity index (χ3n) is 6.03. The monoisotopic (exact) mass is 484 g/mol. The molecule has 35 heavy (non-hydrogen) atoms. The van der Waals surface area contributed by atoms with E-state index in [0.29, 0.717) is 29.8 Å². The van der Waals surface area contributed by atoms with Crippen LogP contribution < -0.4 is 0 Å². The van der Waals surface area contributed by atoms with Crippen molar-refractivity contribution in [2.45, 2.75) is 26.3 Å². The molecule has 11 nitrogen and oxygen atoms in total. The highest BCUT2D eigenvalue weighted by molar-refractivity contribution is 6.46. The number of carbonyl (C=O) groups is 3. The summed E-state index contributed by atoms with van der Waals surface area (Å²) in [4.78, 5) is 55.1. The van der Waals surface area contributed by atoms with E-state index in [0.717, 1.165) is 0 Å². The lowest BCUT2D eigenvalue weighted by Crippen LogP contribution is -2.32. The number of nitrogens with zero attached hydrogens (tertiary/aromatic N) is 3. The number of nitrogens with one attached hydrogen (secondary N) is 1. The molecule has 2 aromatic rings. The number of carbonyl (C=O) groups excluding carboxylic acids is 3. The van der Waals surface area contributed by atoms with Gasteiger partial charge in [-0.1, -0.05) is 0 Å². The highest BCUT2D eigenvalue weighted by Gasteiger charge is 2.46. The molecule has 186 valence electrons. The molecular weight excluding hydrogens is 456 g/mol. The fourth-order valence-electron chi connectivity index (χ4n) is 4.34. The minimum atomic E-state index is -0.951. The number of ether oxygens (including phenoxy) is 1. The number of aromatic nitrogens is 1. The number of H-pyrrole nitrogens is 1. The Morgan fingerprint density at radius 1 is 1.23 bits per heavy atom. The van der Waals surface area contributed by atoms with Crippen LogP contribution in [0.1, 0.15) is 45.3 Å². The molecule has 1 saturated heterocycles. The van der Waals surface area contributed by atoms with Crippen LogP contribution in [-0.4, -0.2) is 76.8 Å². The second kappa shape index (κ2) is 10.1. The van der Waals surface area contributed by atoms with Crippen molar-refractivity contribution in [3.05, 3.63) is 68.0 Å². The third-order valence-corrected chi connectivity index (χ3v) is 6.03. The molecule has 1 amide bonds. The average molecular weight is 485 g/mol. The van der Waals surface area contributed by atoms with E-state index in [-0.39, 0.29) is 29.1 Å². The summed E-state index contributed by atoms with van der Waals surface area (Å²) >= 11 is 0. The minimum absolute atomic E-state index is 0.124. The molecule has 11 heteroatoms. The fraction of sp³-hybridized carbons (Fsp3) is 0.375. The highest BCUT2D eigenvalue weighted by atomic mass is 16.6. The molecule has 1 atom stereocenters. The summed E-state index contributed by atoms with van der Waals surface area (Å²) in [7, 11) is 5.00. The zero-order valence-electron chi connectivity index (χ0n) is 20.2. The van der Waals surface area contributed by atoms with E-state index in [9.17, 15) is 29.6 Å². The quantitative estimate of drug-likeness (QED) is 0.145. The van der Waals surface area contributed by atoms with Crippen molar-refractivity contribution in [2.24, 2.45) is 0 Å². The van der Waals surface area contributed by atoms with Gasteiger partial charge in [0, 0.05) is 29.9 Å². The van der Waals surface area contributed by atoms with Gasteiger partial charge in [0.25, 0.3) is 17.4 Å². The average Bonchev–Trinajstić information content (AvgIpc) is 3.25. The van der Waals surface area contributed by atoms with Gasteiger partial charge in [0.1, 0.15) is 11.5 Å². The van der Waals surface area contributed by atoms with Crippen LogP contribution in [0.15, 0.2) is 29.8 Å². The van der Waals surface area contributed by atoms with Crippen molar-refractivity contribution >= 4 is 29.1 Å². The molecule has 0 radical (unpaired) electrons. The molecule has 1 aliphatic rings. The Bertz CT molecular complexity index is 1210. The van der Waals surface area contributed by atoms with Crippen molar-refractivity contribution in [3.8, 4) is 0 Å². The number of likely N-dealkylation sites (tertiary alicyclic amines) is 1. The lowest BCUT2D eigenvalue weighted by atomic mass is 9.94. The highest BCUT2D eigenvalue weighted by Crippen LogP contribution is 2.41. The van der Waals surface area contributed by atoms with Crippen LogP contribution in [0.4, 0.5) is 5.69 Å². The Balaban J connectivity index is 2.18. The molecule has 0 aliphatic carbocycles. The number of hydrogen-bond donors (Lipinski definition) is 2. The number of aliphatic hydroxyl groups is 1. The summed E-state index contributed by atoms with van der Waals surface area (Å²) in [6.07, 6.45) is 0.568. The molecule has 0 saturated carbocycles. The van der Waals surface area contributed by atoms with Gasteiger partial charge in [-0.3, -0.25) is 19.7 Å². The number of nitro benzene ring substituents is 1. The first kappa shape index (κ1) is 25.6. The number of methoxy groups -OCH3 is 1. The van der Waals surface area contributed by atoms with Gasteiger partial charge in [-0.2, -0.15) is 0 Å². The van der Waals surface area contributed by atoms with E-state index in [4.69, 9.17) is 4.74 Å². The van der Waals surface area contributed by atoms with Crippen molar-refractivity contribution < 1.29 is 29.2 Å². The van der Waals surface area contributed by atoms with Gasteiger partial charge in [-0.25, -0.2) is 4.79 Å². The van der Waals surface area contributed by atoms with Crippen molar-refractivity contribution in [3.63, 3.8) is 0 Å². The Morgan fingerprint density at radius 3 is 2.40 bits per heavy atom. The molecule has 0 spiro atoms. The number of aryl methyl sites for hydroxylation is 1. The SMILES string of the molecule is COC(=O)c1[nH]c(C)c(C(O)=C2C(=O)C(=O)N(CCCN(C)C)[C@@H]2c2ccc([N+](=O)[O-])cc2)c1C. The summed E-state index contributed by atoms with van der Waals surface area (Å²) < 4.78 is 4.77. The molecule has 1 aromatic carbocycles. The number of ketones is 1. The van der Waals surface area contributed by atoms with Crippen molar-refractivity contribution in [2.75, 3.05) is 34.3 Å². The zero-order valence-corrected chi connectivity index (χ0v) is 20.2. The minimum Gasteiger partial charge on any atom is -0.507 e. The smallest absolute Gasteiger partial charge is 0.354 e. The molecule has 2 heterocycles. The first-order valence-electron chi connectivity index (χ1n) is 10.9. The third kappa shape index (κ3) is 4.80. The number of esters is 1. The standard InChI is InChI=1S/C24H28N4O7/c1-13-17(14(2)25-19(13)24(32)35-5)21(29)18-20(15-7-9-16(10-8-15)28(33)34)27(23(31)22(18)30)12-6-11-26(3)4/h7-10,20,25,29H,6,11-12H2,1-5H3/t20-/m1/s1. The largest absolute Gasteiger partial charge is 0.507 e. The number of non-ortho nitro benzene ring substituents is 1. The van der Waals surface area contributed by atoms with E-state index in [1.165, 1.54) is 36.3 Å². The Kier molecular flexibility index (Phi) is 7.39. The Morgan fingerprint density at radius 2 is 1.86 bits per heavy atom. The predicted octanol–water partition coefficient (Wildman–Crippen LogP) is 2.70. The van der Waals surface area contributed by atoms with Crippen molar-refractivity contribution in [1.29, 1.82) is 0 Å². The number of hydrogen-bond acceptors (Lipinski definition) is 8. The molecule has 0 bridgehead atoms. The van der Waals surface area contributed by atoms with Gasteiger partial charge >= 0.3 is 5.97 Å². The number of Topliss-reactive ketones (excluding diaryl/α,β-unsaturated/α-hetero) is 1. The number of aliphatic hydroxyl groups excluding tert-OH is 1. The molecule has 1 aromatic heterocycles. The molecule has 2 N–H and O–H groups in total. The number of amides is 1. The normalized spacial score (nSPS) is 17.3. The van der Waals surface area contributed by atoms with Crippen LogP contribution in [0.2, 0.25) is 0 Å². The second-order valence-electron chi connectivity index (χ2n) is 8.61. The molecular formula is C24H28N4O7. The summed E-state index contributed by atoms with van der Waals surface area (Å²) in [5.74, 6) is -2.70. The number of benzene rings is 1. The Hall–Kier alpha value is -3.99. The van der Waals surface area contributed by atoms with Crippen molar-refractivity contribution in [1.82, 2.24) is 14.8 Å². The van der Waals surface area contributed by atoms with Gasteiger partial charge < -0.3 is 24.6 Å². The molecule has 3 rings (SSSR count). The first-order chi connectivity index (χ1) is 16.5. The van der Waals surface area contributed by atoms with Gasteiger partial charge in [0.15, 0.2) is 0 Å². The van der Waals surface area contributed by atoms with Gasteiger partial charge in [-0.15, -0.1) is 0 Å². The molecule has 1 aliphatic heterocycles. The predicted molar refractivity (Wildman–Crippen MR) is 127 cm³/mol. The summed E-state index contributed by atoms with van der Waals surface area (Å²) in [5, 5.41) is 22.4. The van der Waals surface area contributed by atoms with Gasteiger partial charge in [0.05, 0.1) is 23.6 Å². The summed E-state index contributed by atoms with van der Waals surface area (Å²) in [6, 6.07) is 4.57. The first-order valence-corrected chi connectivity index (χ1v) is 10.9. The number of aromatic amines is 1. The second-order valence-corrected chi connectivity index (χ2v) is 8.61. The number of rotatable bonds is 8. The fourth-order valence-corrected chi connectivity index (χ4v) is 4.34. The van der Waals surface area contributed by atoms with E-state index in [2.05, 4.69) is 4.98 Å². The van der Waals surface area contributed by atoms with E-state index in [1.807, 2.05) is 19.0 Å². The summed E-state index contributed by atoms with van der Waals surface area (Å²) in [6.45, 7) is 4.12. The van der Waals surface area contributed by atoms with Crippen LogP contribution in [0.3, 0.4) is 0 Å². The topological polar surface area (TPSA) is 146 Å². The van der Waals surface area contributed by atoms with Gasteiger partial charge in [-0.05, 0) is 64.2 Å². The lowest BCUT2D eigenvalue weighted by Gasteiger charge is -2.26. The van der Waals surface area contributed by atoms with E-state index < -0.39 is 34.4 Å². The van der Waals surface area contributed by atoms with Crippen LogP contribution in [0, 0.1) is 24.0 Å². The Labute approximate surface area is 202 Å². The maximum atomic E-state index is 13.2. The maximum absolute atomic E-state index is 13.2. The molecule has 0 unspecified atom stereocenters. The maximum Gasteiger partial charge on any atom is 0.354 e. The van der Waals surface area contributed by atoms with Gasteiger partial charge in [0.2, 0.25) is 0 Å².